The molecule has 0 heterocycles. The van der Waals surface area contributed by atoms with Crippen molar-refractivity contribution in [1.29, 1.82) is 0 Å². The van der Waals surface area contributed by atoms with Gasteiger partial charge in [0.1, 0.15) is 0 Å². The first-order valence-corrected chi connectivity index (χ1v) is 5.70. The first kappa shape index (κ1) is 12.7. The van der Waals surface area contributed by atoms with E-state index >= 15 is 0 Å². The lowest BCUT2D eigenvalue weighted by atomic mass is 10.0. The number of anilines is 1. The molecule has 3 N–H and O–H groups in total. The lowest BCUT2D eigenvalue weighted by Gasteiger charge is -2.14. The van der Waals surface area contributed by atoms with E-state index in [9.17, 15) is 4.79 Å². The van der Waals surface area contributed by atoms with E-state index in [0.717, 1.165) is 12.1 Å². The maximum Gasteiger partial charge on any atom is 0.224 e. The molecule has 1 aromatic rings. The Morgan fingerprint density at radius 1 is 1.31 bits per heavy atom. The Kier molecular flexibility index (Phi) is 4.99. The lowest BCUT2D eigenvalue weighted by molar-refractivity contribution is -0.116. The van der Waals surface area contributed by atoms with Crippen LogP contribution in [0.5, 0.6) is 0 Å². The fourth-order valence-electron chi connectivity index (χ4n) is 1.38. The Bertz CT molecular complexity index is 322. The summed E-state index contributed by atoms with van der Waals surface area (Å²) in [7, 11) is 0. The first-order valence-electron chi connectivity index (χ1n) is 5.70. The summed E-state index contributed by atoms with van der Waals surface area (Å²) in [5, 5.41) is 2.84. The normalized spacial score (nSPS) is 12.5. The minimum Gasteiger partial charge on any atom is -0.327 e. The van der Waals surface area contributed by atoms with E-state index in [1.54, 1.807) is 0 Å². The van der Waals surface area contributed by atoms with Gasteiger partial charge in [-0.25, -0.2) is 0 Å². The van der Waals surface area contributed by atoms with Gasteiger partial charge in [-0.2, -0.15) is 0 Å². The zero-order valence-corrected chi connectivity index (χ0v) is 9.94. The highest BCUT2D eigenvalue weighted by molar-refractivity contribution is 5.90. The summed E-state index contributed by atoms with van der Waals surface area (Å²) in [5.41, 5.74) is 6.72. The van der Waals surface area contributed by atoms with Crippen molar-refractivity contribution in [3.63, 3.8) is 0 Å². The van der Waals surface area contributed by atoms with Crippen molar-refractivity contribution in [2.75, 3.05) is 5.32 Å². The highest BCUT2D eigenvalue weighted by atomic mass is 16.1. The van der Waals surface area contributed by atoms with E-state index in [1.165, 1.54) is 0 Å². The van der Waals surface area contributed by atoms with Crippen LogP contribution in [0, 0.1) is 5.92 Å². The van der Waals surface area contributed by atoms with Crippen LogP contribution < -0.4 is 11.1 Å². The molecular formula is C13H20N2O. The van der Waals surface area contributed by atoms with Crippen LogP contribution >= 0.6 is 0 Å². The van der Waals surface area contributed by atoms with E-state index in [4.69, 9.17) is 5.73 Å². The number of benzene rings is 1. The van der Waals surface area contributed by atoms with Crippen molar-refractivity contribution >= 4 is 11.6 Å². The van der Waals surface area contributed by atoms with Crippen molar-refractivity contribution in [2.45, 2.75) is 32.7 Å². The van der Waals surface area contributed by atoms with Crippen molar-refractivity contribution in [2.24, 2.45) is 11.7 Å². The molecular weight excluding hydrogens is 200 g/mol. The van der Waals surface area contributed by atoms with Gasteiger partial charge in [-0.05, 0) is 24.5 Å². The summed E-state index contributed by atoms with van der Waals surface area (Å²) in [6.07, 6.45) is 1.21. The number of rotatable bonds is 5. The molecule has 1 aromatic carbocycles. The second-order valence-corrected chi connectivity index (χ2v) is 4.36. The molecule has 0 unspecified atom stereocenters. The van der Waals surface area contributed by atoms with Crippen LogP contribution in [0.2, 0.25) is 0 Å². The van der Waals surface area contributed by atoms with Gasteiger partial charge in [0.25, 0.3) is 0 Å². The second kappa shape index (κ2) is 6.28. The molecule has 16 heavy (non-hydrogen) atoms. The lowest BCUT2D eigenvalue weighted by Crippen LogP contribution is -2.28. The van der Waals surface area contributed by atoms with Crippen LogP contribution in [-0.2, 0) is 4.79 Å². The van der Waals surface area contributed by atoms with Gasteiger partial charge in [-0.1, -0.05) is 32.0 Å². The zero-order chi connectivity index (χ0) is 12.0. The maximum absolute atomic E-state index is 11.6. The highest BCUT2D eigenvalue weighted by Gasteiger charge is 2.10. The number of hydrogen-bond donors (Lipinski definition) is 2. The van der Waals surface area contributed by atoms with Crippen LogP contribution in [0.4, 0.5) is 5.69 Å². The zero-order valence-electron chi connectivity index (χ0n) is 9.94. The fourth-order valence-corrected chi connectivity index (χ4v) is 1.38. The Morgan fingerprint density at radius 2 is 1.94 bits per heavy atom. The number of nitrogens with one attached hydrogen (secondary N) is 1. The van der Waals surface area contributed by atoms with Gasteiger partial charge in [-0.3, -0.25) is 4.79 Å². The van der Waals surface area contributed by atoms with Crippen molar-refractivity contribution < 1.29 is 4.79 Å². The third-order valence-corrected chi connectivity index (χ3v) is 2.62. The van der Waals surface area contributed by atoms with Crippen molar-refractivity contribution in [3.8, 4) is 0 Å². The van der Waals surface area contributed by atoms with Crippen LogP contribution in [-0.4, -0.2) is 11.9 Å². The van der Waals surface area contributed by atoms with Gasteiger partial charge >= 0.3 is 0 Å². The van der Waals surface area contributed by atoms with Gasteiger partial charge in [-0.15, -0.1) is 0 Å². The molecule has 0 saturated carbocycles. The Balaban J connectivity index is 2.32. The molecule has 1 rings (SSSR count). The standard InChI is InChI=1S/C13H20N2O/c1-10(2)12(14)8-9-13(16)15-11-6-4-3-5-7-11/h3-7,10,12H,8-9,14H2,1-2H3,(H,15,16)/t12-/m1/s1. The van der Waals surface area contributed by atoms with Gasteiger partial charge in [0.15, 0.2) is 0 Å². The summed E-state index contributed by atoms with van der Waals surface area (Å²) < 4.78 is 0. The molecule has 88 valence electrons. The molecule has 0 aromatic heterocycles. The number of hydrogen-bond acceptors (Lipinski definition) is 2. The largest absolute Gasteiger partial charge is 0.327 e. The summed E-state index contributed by atoms with van der Waals surface area (Å²) >= 11 is 0. The molecule has 0 saturated heterocycles. The Labute approximate surface area is 97.0 Å². The van der Waals surface area contributed by atoms with Crippen LogP contribution in [0.1, 0.15) is 26.7 Å². The van der Waals surface area contributed by atoms with E-state index < -0.39 is 0 Å². The number of para-hydroxylation sites is 1. The monoisotopic (exact) mass is 220 g/mol. The van der Waals surface area contributed by atoms with Gasteiger partial charge in [0.2, 0.25) is 5.91 Å². The first-order chi connectivity index (χ1) is 7.59. The SMILES string of the molecule is CC(C)[C@H](N)CCC(=O)Nc1ccccc1. The molecule has 0 aliphatic heterocycles. The molecule has 0 spiro atoms. The van der Waals surface area contributed by atoms with E-state index in [1.807, 2.05) is 30.3 Å². The van der Waals surface area contributed by atoms with E-state index in [0.29, 0.717) is 12.3 Å². The molecule has 1 atom stereocenters. The van der Waals surface area contributed by atoms with Gasteiger partial charge in [0, 0.05) is 18.2 Å². The molecule has 3 nitrogen and oxygen atoms in total. The second-order valence-electron chi connectivity index (χ2n) is 4.36. The smallest absolute Gasteiger partial charge is 0.224 e. The van der Waals surface area contributed by atoms with Gasteiger partial charge in [0.05, 0.1) is 0 Å². The number of amides is 1. The molecule has 0 aliphatic carbocycles. The van der Waals surface area contributed by atoms with Gasteiger partial charge < -0.3 is 11.1 Å². The molecule has 1 amide bonds. The van der Waals surface area contributed by atoms with Crippen LogP contribution in [0.15, 0.2) is 30.3 Å². The van der Waals surface area contributed by atoms with Crippen LogP contribution in [0.25, 0.3) is 0 Å². The summed E-state index contributed by atoms with van der Waals surface area (Å²) in [4.78, 5) is 11.6. The minimum absolute atomic E-state index is 0.0299. The van der Waals surface area contributed by atoms with E-state index in [2.05, 4.69) is 19.2 Å². The molecule has 0 fully saturated rings. The molecule has 3 heteroatoms. The maximum atomic E-state index is 11.6. The number of carbonyl (C=O) groups is 1. The average Bonchev–Trinajstić information content (AvgIpc) is 2.27. The third kappa shape index (κ3) is 4.45. The number of carbonyl (C=O) groups excluding carboxylic acids is 1. The highest BCUT2D eigenvalue weighted by Crippen LogP contribution is 2.09. The summed E-state index contributed by atoms with van der Waals surface area (Å²) in [5.74, 6) is 0.451. The predicted molar refractivity (Wildman–Crippen MR) is 67.1 cm³/mol. The topological polar surface area (TPSA) is 55.1 Å². The van der Waals surface area contributed by atoms with E-state index in [-0.39, 0.29) is 11.9 Å². The quantitative estimate of drug-likeness (QED) is 0.800. The predicted octanol–water partition coefficient (Wildman–Crippen LogP) is 2.39. The Hall–Kier alpha value is -1.35. The van der Waals surface area contributed by atoms with Crippen molar-refractivity contribution in [1.82, 2.24) is 0 Å². The average molecular weight is 220 g/mol. The third-order valence-electron chi connectivity index (χ3n) is 2.62. The molecule has 0 radical (unpaired) electrons. The summed E-state index contributed by atoms with van der Waals surface area (Å²) in [6.45, 7) is 4.14. The minimum atomic E-state index is 0.0299. The Morgan fingerprint density at radius 3 is 2.50 bits per heavy atom. The van der Waals surface area contributed by atoms with Crippen molar-refractivity contribution in [3.05, 3.63) is 30.3 Å². The van der Waals surface area contributed by atoms with Crippen LogP contribution in [0.3, 0.4) is 0 Å². The summed E-state index contributed by atoms with van der Waals surface area (Å²) in [6, 6.07) is 9.57. The molecule has 0 bridgehead atoms. The number of nitrogens with two attached hydrogens (primary N) is 1. The molecule has 0 aliphatic rings. The fraction of sp³-hybridized carbons (Fsp3) is 0.462.